The van der Waals surface area contributed by atoms with Crippen LogP contribution in [0.3, 0.4) is 0 Å². The number of hydrogen-bond acceptors (Lipinski definition) is 4. The van der Waals surface area contributed by atoms with Crippen LogP contribution in [-0.4, -0.2) is 11.7 Å². The van der Waals surface area contributed by atoms with Crippen molar-refractivity contribution in [1.82, 2.24) is 4.98 Å². The topological polar surface area (TPSA) is 34.6 Å². The number of hydrogen-bond donors (Lipinski definition) is 0. The first-order valence-electron chi connectivity index (χ1n) is 21.5. The fraction of sp³-hybridized carbons (Fsp3) is 0.377. The first-order chi connectivity index (χ1) is 27.3. The summed E-state index contributed by atoms with van der Waals surface area (Å²) in [5.41, 5.74) is 12.7. The van der Waals surface area contributed by atoms with Crippen LogP contribution in [0.15, 0.2) is 97.1 Å². The van der Waals surface area contributed by atoms with E-state index in [-0.39, 0.29) is 33.8 Å². The van der Waals surface area contributed by atoms with Gasteiger partial charge in [0, 0.05) is 22.9 Å². The SMILES string of the molecule is CC(C)(C)c1ccc(N(c2ccc3ccccc3c2)c2cc3c4c(n2)Oc2cc5c(cc2B4c2cc4c(cc2O3)C(C)(C)CCC4(C)C)C(C)(C)CCC5(C)C)cc1. The summed E-state index contributed by atoms with van der Waals surface area (Å²) in [5.74, 6) is 4.05. The molecule has 0 bridgehead atoms. The first kappa shape index (κ1) is 37.3. The number of aromatic nitrogens is 1. The maximum absolute atomic E-state index is 7.20. The molecule has 0 unspecified atom stereocenters. The van der Waals surface area contributed by atoms with Gasteiger partial charge in [-0.1, -0.05) is 131 Å². The number of ether oxygens (including phenoxy) is 2. The van der Waals surface area contributed by atoms with Crippen LogP contribution in [0.4, 0.5) is 17.2 Å². The molecule has 0 saturated carbocycles. The minimum absolute atomic E-state index is 0.0317. The number of fused-ring (bicyclic) bond motifs is 7. The molecule has 3 heterocycles. The fourth-order valence-electron chi connectivity index (χ4n) is 10.4. The highest BCUT2D eigenvalue weighted by Crippen LogP contribution is 2.51. The van der Waals surface area contributed by atoms with Crippen molar-refractivity contribution in [2.24, 2.45) is 0 Å². The van der Waals surface area contributed by atoms with E-state index in [9.17, 15) is 0 Å². The zero-order valence-electron chi connectivity index (χ0n) is 36.4. The second kappa shape index (κ2) is 12.3. The maximum atomic E-state index is 7.20. The molecule has 58 heavy (non-hydrogen) atoms. The van der Waals surface area contributed by atoms with E-state index >= 15 is 0 Å². The molecule has 5 heteroatoms. The molecule has 4 aliphatic rings. The van der Waals surface area contributed by atoms with Crippen LogP contribution < -0.4 is 30.8 Å². The highest BCUT2D eigenvalue weighted by molar-refractivity contribution is 6.98. The number of pyridine rings is 1. The van der Waals surface area contributed by atoms with Gasteiger partial charge in [0.2, 0.25) is 5.88 Å². The van der Waals surface area contributed by atoms with Crippen molar-refractivity contribution in [3.63, 3.8) is 0 Å². The lowest BCUT2D eigenvalue weighted by molar-refractivity contribution is 0.330. The fourth-order valence-corrected chi connectivity index (χ4v) is 10.4. The smallest absolute Gasteiger partial charge is 0.262 e. The molecule has 0 atom stereocenters. The summed E-state index contributed by atoms with van der Waals surface area (Å²) in [6, 6.07) is 36.1. The van der Waals surface area contributed by atoms with Gasteiger partial charge >= 0.3 is 0 Å². The van der Waals surface area contributed by atoms with Crippen LogP contribution in [0.1, 0.15) is 130 Å². The minimum Gasteiger partial charge on any atom is -0.458 e. The predicted molar refractivity (Wildman–Crippen MR) is 243 cm³/mol. The van der Waals surface area contributed by atoms with Gasteiger partial charge in [0.1, 0.15) is 23.1 Å². The van der Waals surface area contributed by atoms with Gasteiger partial charge in [0.05, 0.1) is 0 Å². The Morgan fingerprint density at radius 3 is 1.59 bits per heavy atom. The van der Waals surface area contributed by atoms with Gasteiger partial charge in [0.15, 0.2) is 0 Å². The first-order valence-corrected chi connectivity index (χ1v) is 21.5. The molecule has 0 saturated heterocycles. The van der Waals surface area contributed by atoms with E-state index < -0.39 is 0 Å². The standard InChI is InChI=1S/C53H57BN2O2/c1-49(2,3)34-17-20-35(21-18-34)56(36-19-16-32-14-12-13-15-33(32)26-36)46-31-45-47-48(55-46)58-44-30-40-38(51(6,7)23-25-53(40,10)11)28-42(44)54(47)41-27-37-39(29-43(41)57-45)52(8,9)24-22-50(37,4)5/h12-21,26-31H,22-25H2,1-11H3. The largest absolute Gasteiger partial charge is 0.458 e. The second-order valence-electron chi connectivity index (χ2n) is 21.4. The van der Waals surface area contributed by atoms with Crippen LogP contribution in [0.25, 0.3) is 10.8 Å². The lowest BCUT2D eigenvalue weighted by atomic mass is 9.34. The summed E-state index contributed by atoms with van der Waals surface area (Å²) in [4.78, 5) is 7.79. The average Bonchev–Trinajstić information content (AvgIpc) is 3.17. The third-order valence-corrected chi connectivity index (χ3v) is 14.5. The van der Waals surface area contributed by atoms with Crippen LogP contribution in [0.2, 0.25) is 0 Å². The minimum atomic E-state index is -0.0727. The second-order valence-corrected chi connectivity index (χ2v) is 21.4. The van der Waals surface area contributed by atoms with Crippen molar-refractivity contribution in [1.29, 1.82) is 0 Å². The summed E-state index contributed by atoms with van der Waals surface area (Å²) in [6.45, 7) is 26.0. The molecule has 294 valence electrons. The molecule has 1 aromatic heterocycles. The van der Waals surface area contributed by atoms with Crippen LogP contribution in [-0.2, 0) is 27.1 Å². The molecule has 2 aliphatic heterocycles. The zero-order chi connectivity index (χ0) is 40.7. The summed E-state index contributed by atoms with van der Waals surface area (Å²) >= 11 is 0. The Labute approximate surface area is 346 Å². The van der Waals surface area contributed by atoms with Crippen LogP contribution >= 0.6 is 0 Å². The molecule has 10 rings (SSSR count). The van der Waals surface area contributed by atoms with Gasteiger partial charge in [-0.3, -0.25) is 4.90 Å². The molecule has 0 radical (unpaired) electrons. The van der Waals surface area contributed by atoms with Crippen molar-refractivity contribution >= 4 is 51.1 Å². The third-order valence-electron chi connectivity index (χ3n) is 14.5. The number of benzene rings is 5. The molecule has 5 aromatic carbocycles. The molecule has 0 N–H and O–H groups in total. The number of anilines is 3. The lowest BCUT2D eigenvalue weighted by Crippen LogP contribution is -2.58. The van der Waals surface area contributed by atoms with E-state index in [1.54, 1.807) is 0 Å². The maximum Gasteiger partial charge on any atom is 0.262 e. The lowest BCUT2D eigenvalue weighted by Gasteiger charge is -2.44. The van der Waals surface area contributed by atoms with Gasteiger partial charge in [-0.05, 0) is 139 Å². The molecule has 6 aromatic rings. The van der Waals surface area contributed by atoms with Gasteiger partial charge < -0.3 is 9.47 Å². The Kier molecular flexibility index (Phi) is 7.87. The van der Waals surface area contributed by atoms with E-state index in [0.717, 1.165) is 65.6 Å². The summed E-state index contributed by atoms with van der Waals surface area (Å²) < 4.78 is 14.3. The third kappa shape index (κ3) is 5.74. The van der Waals surface area contributed by atoms with Crippen molar-refractivity contribution in [2.75, 3.05) is 4.90 Å². The molecule has 0 spiro atoms. The molecule has 0 fully saturated rings. The molecule has 0 amide bonds. The zero-order valence-corrected chi connectivity index (χ0v) is 36.4. The van der Waals surface area contributed by atoms with E-state index in [2.05, 4.69) is 178 Å². The van der Waals surface area contributed by atoms with Gasteiger partial charge in [0.25, 0.3) is 6.71 Å². The molecular formula is C53H57BN2O2. The van der Waals surface area contributed by atoms with Gasteiger partial charge in [-0.15, -0.1) is 0 Å². The Bertz CT molecular complexity index is 2570. The Morgan fingerprint density at radius 1 is 0.534 bits per heavy atom. The van der Waals surface area contributed by atoms with E-state index in [4.69, 9.17) is 14.5 Å². The molecule has 2 aliphatic carbocycles. The van der Waals surface area contributed by atoms with E-state index in [1.165, 1.54) is 49.5 Å². The number of rotatable bonds is 3. The quantitative estimate of drug-likeness (QED) is 0.168. The van der Waals surface area contributed by atoms with Crippen LogP contribution in [0.5, 0.6) is 23.1 Å². The van der Waals surface area contributed by atoms with E-state index in [1.807, 2.05) is 0 Å². The molecular weight excluding hydrogens is 707 g/mol. The van der Waals surface area contributed by atoms with Gasteiger partial charge in [-0.2, -0.15) is 4.98 Å². The van der Waals surface area contributed by atoms with Crippen molar-refractivity contribution < 1.29 is 9.47 Å². The van der Waals surface area contributed by atoms with Gasteiger partial charge in [-0.25, -0.2) is 0 Å². The van der Waals surface area contributed by atoms with Crippen molar-refractivity contribution in [2.45, 2.75) is 129 Å². The summed E-state index contributed by atoms with van der Waals surface area (Å²) in [7, 11) is 0. The average molecular weight is 765 g/mol. The summed E-state index contributed by atoms with van der Waals surface area (Å²) in [6.07, 6.45) is 4.59. The highest BCUT2D eigenvalue weighted by atomic mass is 16.5. The monoisotopic (exact) mass is 764 g/mol. The summed E-state index contributed by atoms with van der Waals surface area (Å²) in [5, 5.41) is 2.38. The van der Waals surface area contributed by atoms with Crippen molar-refractivity contribution in [3.8, 4) is 23.1 Å². The Hall–Kier alpha value is -5.03. The normalized spacial score (nSPS) is 18.8. The van der Waals surface area contributed by atoms with E-state index in [0.29, 0.717) is 5.88 Å². The predicted octanol–water partition coefficient (Wildman–Crippen LogP) is 12.4. The Morgan fingerprint density at radius 2 is 1.03 bits per heavy atom. The Balaban J connectivity index is 1.23. The van der Waals surface area contributed by atoms with Crippen LogP contribution in [0, 0.1) is 0 Å². The highest BCUT2D eigenvalue weighted by Gasteiger charge is 2.47. The molecule has 4 nitrogen and oxygen atoms in total. The van der Waals surface area contributed by atoms with Crippen molar-refractivity contribution in [3.05, 3.63) is 125 Å². The number of nitrogens with zero attached hydrogens (tertiary/aromatic N) is 2.